The third kappa shape index (κ3) is 2.59. The molecule has 1 N–H and O–H groups in total. The van der Waals surface area contributed by atoms with Crippen molar-refractivity contribution in [2.45, 2.75) is 33.4 Å². The molecule has 3 aromatic rings. The van der Waals surface area contributed by atoms with Crippen molar-refractivity contribution in [3.05, 3.63) is 48.0 Å². The zero-order valence-electron chi connectivity index (χ0n) is 12.5. The number of hydrogen-bond acceptors (Lipinski definition) is 4. The summed E-state index contributed by atoms with van der Waals surface area (Å²) < 4.78 is 2.22. The minimum absolute atomic E-state index is 0.0409. The van der Waals surface area contributed by atoms with Crippen molar-refractivity contribution in [2.75, 3.05) is 5.32 Å². The summed E-state index contributed by atoms with van der Waals surface area (Å²) in [7, 11) is 0. The van der Waals surface area contributed by atoms with E-state index in [1.807, 2.05) is 31.2 Å². The first kappa shape index (κ1) is 13.5. The summed E-state index contributed by atoms with van der Waals surface area (Å²) in [5.74, 6) is 1.64. The van der Waals surface area contributed by atoms with E-state index in [1.165, 1.54) is 0 Å². The molecule has 0 amide bonds. The highest BCUT2D eigenvalue weighted by atomic mass is 15.2. The van der Waals surface area contributed by atoms with Crippen LogP contribution in [0.25, 0.3) is 11.0 Å². The quantitative estimate of drug-likeness (QED) is 0.797. The van der Waals surface area contributed by atoms with Crippen LogP contribution in [0, 0.1) is 6.92 Å². The number of benzene rings is 1. The number of aromatic nitrogens is 4. The Morgan fingerprint density at radius 3 is 2.76 bits per heavy atom. The average Bonchev–Trinajstić information content (AvgIpc) is 2.86. The lowest BCUT2D eigenvalue weighted by molar-refractivity contribution is 0.670. The minimum Gasteiger partial charge on any atom is -0.345 e. The second kappa shape index (κ2) is 5.52. The number of para-hydroxylation sites is 2. The largest absolute Gasteiger partial charge is 0.345 e. The van der Waals surface area contributed by atoms with Gasteiger partial charge in [-0.25, -0.2) is 15.0 Å². The fraction of sp³-hybridized carbons (Fsp3) is 0.312. The van der Waals surface area contributed by atoms with E-state index in [0.29, 0.717) is 5.95 Å². The molecule has 0 radical (unpaired) electrons. The Morgan fingerprint density at radius 2 is 2.00 bits per heavy atom. The van der Waals surface area contributed by atoms with Crippen LogP contribution in [-0.2, 0) is 6.54 Å². The van der Waals surface area contributed by atoms with E-state index in [1.54, 1.807) is 6.20 Å². The number of fused-ring (bicyclic) bond motifs is 1. The van der Waals surface area contributed by atoms with Crippen LogP contribution in [0.4, 0.5) is 5.95 Å². The van der Waals surface area contributed by atoms with Gasteiger partial charge in [-0.2, -0.15) is 0 Å². The predicted molar refractivity (Wildman–Crippen MR) is 84.2 cm³/mol. The molecule has 0 aliphatic heterocycles. The normalized spacial score (nSPS) is 12.5. The molecule has 0 fully saturated rings. The monoisotopic (exact) mass is 281 g/mol. The van der Waals surface area contributed by atoms with Crippen molar-refractivity contribution < 1.29 is 0 Å². The Labute approximate surface area is 124 Å². The summed E-state index contributed by atoms with van der Waals surface area (Å²) in [4.78, 5) is 13.4. The van der Waals surface area contributed by atoms with Crippen LogP contribution in [0.2, 0.25) is 0 Å². The molecule has 0 saturated carbocycles. The highest BCUT2D eigenvalue weighted by Gasteiger charge is 2.16. The fourth-order valence-electron chi connectivity index (χ4n) is 2.53. The van der Waals surface area contributed by atoms with Gasteiger partial charge < -0.3 is 9.88 Å². The van der Waals surface area contributed by atoms with Gasteiger partial charge in [-0.3, -0.25) is 0 Å². The summed E-state index contributed by atoms with van der Waals surface area (Å²) in [5.41, 5.74) is 3.13. The lowest BCUT2D eigenvalue weighted by Crippen LogP contribution is -2.15. The van der Waals surface area contributed by atoms with Gasteiger partial charge in [-0.15, -0.1) is 0 Å². The number of nitrogens with zero attached hydrogens (tertiary/aromatic N) is 4. The molecule has 21 heavy (non-hydrogen) atoms. The van der Waals surface area contributed by atoms with Gasteiger partial charge in [-0.05, 0) is 39.0 Å². The van der Waals surface area contributed by atoms with Crippen molar-refractivity contribution in [1.82, 2.24) is 19.5 Å². The Hall–Kier alpha value is -2.43. The van der Waals surface area contributed by atoms with Gasteiger partial charge >= 0.3 is 0 Å². The molecule has 5 nitrogen and oxygen atoms in total. The molecular formula is C16H19N5. The van der Waals surface area contributed by atoms with Crippen LogP contribution in [0.5, 0.6) is 0 Å². The van der Waals surface area contributed by atoms with Crippen LogP contribution in [-0.4, -0.2) is 19.5 Å². The topological polar surface area (TPSA) is 55.6 Å². The number of anilines is 1. The van der Waals surface area contributed by atoms with Gasteiger partial charge in [0.2, 0.25) is 5.95 Å². The van der Waals surface area contributed by atoms with Gasteiger partial charge in [0, 0.05) is 18.4 Å². The molecule has 0 unspecified atom stereocenters. The number of rotatable bonds is 4. The zero-order valence-corrected chi connectivity index (χ0v) is 12.5. The van der Waals surface area contributed by atoms with E-state index in [9.17, 15) is 0 Å². The standard InChI is InChI=1S/C16H19N5/c1-4-21-14-8-6-5-7-13(14)20-15(21)12(3)19-16-17-10-9-11(2)18-16/h5-10,12H,4H2,1-3H3,(H,17,18,19)/t12-/m1/s1. The Morgan fingerprint density at radius 1 is 1.19 bits per heavy atom. The van der Waals surface area contributed by atoms with E-state index in [2.05, 4.69) is 39.8 Å². The second-order valence-electron chi connectivity index (χ2n) is 5.09. The Balaban J connectivity index is 1.95. The molecule has 0 saturated heterocycles. The van der Waals surface area contributed by atoms with Crippen LogP contribution < -0.4 is 5.32 Å². The van der Waals surface area contributed by atoms with Crippen LogP contribution in [0.3, 0.4) is 0 Å². The first-order valence-electron chi connectivity index (χ1n) is 7.20. The summed E-state index contributed by atoms with van der Waals surface area (Å²) in [6, 6.07) is 10.1. The number of hydrogen-bond donors (Lipinski definition) is 1. The Kier molecular flexibility index (Phi) is 3.56. The first-order valence-corrected chi connectivity index (χ1v) is 7.20. The minimum atomic E-state index is 0.0409. The smallest absolute Gasteiger partial charge is 0.223 e. The lowest BCUT2D eigenvalue weighted by Gasteiger charge is -2.15. The van der Waals surface area contributed by atoms with E-state index in [-0.39, 0.29) is 6.04 Å². The first-order chi connectivity index (χ1) is 10.2. The third-order valence-electron chi connectivity index (χ3n) is 3.53. The van der Waals surface area contributed by atoms with Crippen molar-refractivity contribution in [3.63, 3.8) is 0 Å². The van der Waals surface area contributed by atoms with Gasteiger partial charge in [0.05, 0.1) is 17.1 Å². The van der Waals surface area contributed by atoms with Crippen LogP contribution in [0.15, 0.2) is 36.5 Å². The summed E-state index contributed by atoms with van der Waals surface area (Å²) in [5, 5.41) is 3.33. The molecule has 0 aliphatic rings. The van der Waals surface area contributed by atoms with E-state index >= 15 is 0 Å². The molecule has 0 bridgehead atoms. The highest BCUT2D eigenvalue weighted by molar-refractivity contribution is 5.76. The average molecular weight is 281 g/mol. The molecule has 3 rings (SSSR count). The zero-order chi connectivity index (χ0) is 14.8. The van der Waals surface area contributed by atoms with Crippen LogP contribution in [0.1, 0.15) is 31.4 Å². The molecule has 1 atom stereocenters. The molecule has 0 aliphatic carbocycles. The van der Waals surface area contributed by atoms with E-state index in [0.717, 1.165) is 29.1 Å². The van der Waals surface area contributed by atoms with E-state index in [4.69, 9.17) is 4.98 Å². The summed E-state index contributed by atoms with van der Waals surface area (Å²) >= 11 is 0. The molecule has 1 aromatic carbocycles. The SMILES string of the molecule is CCn1c([C@@H](C)Nc2nccc(C)n2)nc2ccccc21. The predicted octanol–water partition coefficient (Wildman–Crippen LogP) is 3.33. The van der Waals surface area contributed by atoms with Crippen molar-refractivity contribution in [2.24, 2.45) is 0 Å². The summed E-state index contributed by atoms with van der Waals surface area (Å²) in [6.45, 7) is 7.06. The molecule has 5 heteroatoms. The molecule has 2 aromatic heterocycles. The number of imidazole rings is 1. The van der Waals surface area contributed by atoms with E-state index < -0.39 is 0 Å². The maximum absolute atomic E-state index is 4.75. The summed E-state index contributed by atoms with van der Waals surface area (Å²) in [6.07, 6.45) is 1.76. The van der Waals surface area contributed by atoms with Gasteiger partial charge in [-0.1, -0.05) is 12.1 Å². The van der Waals surface area contributed by atoms with Crippen LogP contribution >= 0.6 is 0 Å². The van der Waals surface area contributed by atoms with Gasteiger partial charge in [0.25, 0.3) is 0 Å². The molecule has 108 valence electrons. The third-order valence-corrected chi connectivity index (χ3v) is 3.53. The maximum Gasteiger partial charge on any atom is 0.223 e. The van der Waals surface area contributed by atoms with Crippen molar-refractivity contribution in [3.8, 4) is 0 Å². The van der Waals surface area contributed by atoms with Crippen molar-refractivity contribution >= 4 is 17.0 Å². The molecule has 0 spiro atoms. The molecular weight excluding hydrogens is 262 g/mol. The van der Waals surface area contributed by atoms with Gasteiger partial charge in [0.15, 0.2) is 0 Å². The Bertz CT molecular complexity index is 762. The highest BCUT2D eigenvalue weighted by Crippen LogP contribution is 2.22. The lowest BCUT2D eigenvalue weighted by atomic mass is 10.3. The number of nitrogens with one attached hydrogen (secondary N) is 1. The maximum atomic E-state index is 4.75. The fourth-order valence-corrected chi connectivity index (χ4v) is 2.53. The molecule has 2 heterocycles. The second-order valence-corrected chi connectivity index (χ2v) is 5.09. The van der Waals surface area contributed by atoms with Gasteiger partial charge in [0.1, 0.15) is 5.82 Å². The van der Waals surface area contributed by atoms with Crippen molar-refractivity contribution in [1.29, 1.82) is 0 Å². The number of aryl methyl sites for hydroxylation is 2.